The van der Waals surface area contributed by atoms with Gasteiger partial charge >= 0.3 is 0 Å². The Balaban J connectivity index is 0.000000218. The van der Waals surface area contributed by atoms with Crippen LogP contribution in [-0.2, 0) is 0 Å². The lowest BCUT2D eigenvalue weighted by atomic mass is 10.1. The second kappa shape index (κ2) is 6.39. The number of rotatable bonds is 1. The summed E-state index contributed by atoms with van der Waals surface area (Å²) in [6.45, 7) is 3.27. The number of nitrogens with zero attached hydrogens (tertiary/aromatic N) is 1. The molecule has 2 aromatic rings. The topological polar surface area (TPSA) is 83.6 Å². The van der Waals surface area contributed by atoms with E-state index < -0.39 is 4.92 Å². The predicted octanol–water partition coefficient (Wildman–Crippen LogP) is 3.31. The van der Waals surface area contributed by atoms with Crippen LogP contribution in [0.25, 0.3) is 0 Å². The summed E-state index contributed by atoms with van der Waals surface area (Å²) in [5.74, 6) is 0.417. The molecule has 0 aliphatic rings. The van der Waals surface area contributed by atoms with Crippen LogP contribution in [0.3, 0.4) is 0 Å². The van der Waals surface area contributed by atoms with Crippen molar-refractivity contribution in [1.82, 2.24) is 0 Å². The Morgan fingerprint density at radius 3 is 1.95 bits per heavy atom. The van der Waals surface area contributed by atoms with Crippen molar-refractivity contribution >= 4 is 5.69 Å². The number of benzene rings is 2. The van der Waals surface area contributed by atoms with E-state index in [1.807, 2.05) is 6.07 Å². The van der Waals surface area contributed by atoms with Gasteiger partial charge in [-0.25, -0.2) is 0 Å². The Bertz CT molecular complexity index is 567. The zero-order valence-electron chi connectivity index (χ0n) is 10.7. The molecule has 0 fully saturated rings. The van der Waals surface area contributed by atoms with Gasteiger partial charge < -0.3 is 10.2 Å². The van der Waals surface area contributed by atoms with Crippen LogP contribution in [0.4, 0.5) is 5.69 Å². The highest BCUT2D eigenvalue weighted by molar-refractivity contribution is 5.50. The number of nitro benzene ring substituents is 1. The molecule has 5 nitrogen and oxygen atoms in total. The van der Waals surface area contributed by atoms with Crippen molar-refractivity contribution in [2.75, 3.05) is 0 Å². The van der Waals surface area contributed by atoms with Gasteiger partial charge in [0.15, 0.2) is 0 Å². The van der Waals surface area contributed by atoms with E-state index in [9.17, 15) is 15.2 Å². The summed E-state index contributed by atoms with van der Waals surface area (Å²) in [5.41, 5.74) is 1.12. The lowest BCUT2D eigenvalue weighted by molar-refractivity contribution is -0.385. The Morgan fingerprint density at radius 2 is 1.53 bits per heavy atom. The van der Waals surface area contributed by atoms with Crippen LogP contribution in [0.15, 0.2) is 42.5 Å². The lowest BCUT2D eigenvalue weighted by Gasteiger charge is -2.02. The van der Waals surface area contributed by atoms with Crippen molar-refractivity contribution in [3.05, 3.63) is 63.7 Å². The summed E-state index contributed by atoms with van der Waals surface area (Å²) in [6, 6.07) is 11.3. The summed E-state index contributed by atoms with van der Waals surface area (Å²) in [5, 5.41) is 28.2. The highest BCUT2D eigenvalue weighted by atomic mass is 16.6. The van der Waals surface area contributed by atoms with E-state index in [1.165, 1.54) is 12.1 Å². The maximum Gasteiger partial charge on any atom is 0.272 e. The van der Waals surface area contributed by atoms with E-state index in [0.717, 1.165) is 0 Å². The molecule has 0 aromatic heterocycles. The molecule has 100 valence electrons. The van der Waals surface area contributed by atoms with Gasteiger partial charge in [0.1, 0.15) is 11.5 Å². The highest BCUT2D eigenvalue weighted by Gasteiger charge is 2.13. The van der Waals surface area contributed by atoms with Gasteiger partial charge in [0, 0.05) is 17.2 Å². The molecule has 2 rings (SSSR count). The minimum Gasteiger partial charge on any atom is -0.508 e. The number of hydrogen-bond acceptors (Lipinski definition) is 4. The van der Waals surface area contributed by atoms with Gasteiger partial charge in [-0.2, -0.15) is 0 Å². The summed E-state index contributed by atoms with van der Waals surface area (Å²) < 4.78 is 0. The first-order valence-corrected chi connectivity index (χ1v) is 5.61. The van der Waals surface area contributed by atoms with Crippen molar-refractivity contribution in [2.24, 2.45) is 0 Å². The van der Waals surface area contributed by atoms with Crippen LogP contribution in [0.1, 0.15) is 11.1 Å². The average molecular weight is 261 g/mol. The predicted molar refractivity (Wildman–Crippen MR) is 72.3 cm³/mol. The maximum absolute atomic E-state index is 10.4. The summed E-state index contributed by atoms with van der Waals surface area (Å²) >= 11 is 0. The molecule has 0 spiro atoms. The average Bonchev–Trinajstić information content (AvgIpc) is 2.37. The highest BCUT2D eigenvalue weighted by Crippen LogP contribution is 2.27. The molecule has 2 aromatic carbocycles. The molecular formula is C14H15NO4. The van der Waals surface area contributed by atoms with E-state index >= 15 is 0 Å². The largest absolute Gasteiger partial charge is 0.508 e. The zero-order chi connectivity index (χ0) is 14.4. The number of phenols is 2. The smallest absolute Gasteiger partial charge is 0.272 e. The van der Waals surface area contributed by atoms with Gasteiger partial charge in [0.05, 0.1) is 4.92 Å². The molecule has 0 amide bonds. The third kappa shape index (κ3) is 3.99. The molecule has 0 saturated heterocycles. The van der Waals surface area contributed by atoms with Crippen molar-refractivity contribution in [1.29, 1.82) is 0 Å². The van der Waals surface area contributed by atoms with E-state index in [2.05, 4.69) is 0 Å². The van der Waals surface area contributed by atoms with Crippen LogP contribution in [0, 0.1) is 24.0 Å². The Kier molecular flexibility index (Phi) is 4.88. The fraction of sp³-hybridized carbons (Fsp3) is 0.143. The SMILES string of the molecule is Cc1c(O)ccc([N+](=O)[O-])c1C.Oc1ccccc1. The van der Waals surface area contributed by atoms with E-state index in [4.69, 9.17) is 5.11 Å². The Morgan fingerprint density at radius 1 is 0.947 bits per heavy atom. The van der Waals surface area contributed by atoms with Crippen molar-refractivity contribution in [2.45, 2.75) is 13.8 Å². The standard InChI is InChI=1S/C8H9NO3.C6H6O/c1-5-6(2)8(10)4-3-7(5)9(11)12;7-6-4-2-1-3-5-6/h3-4,10H,1-2H3;1-5,7H. The molecule has 2 N–H and O–H groups in total. The molecule has 19 heavy (non-hydrogen) atoms. The molecular weight excluding hydrogens is 246 g/mol. The molecule has 0 aliphatic heterocycles. The van der Waals surface area contributed by atoms with E-state index in [-0.39, 0.29) is 11.4 Å². The minimum atomic E-state index is -0.457. The molecule has 0 unspecified atom stereocenters. The van der Waals surface area contributed by atoms with Gasteiger partial charge in [0.2, 0.25) is 0 Å². The normalized spacial score (nSPS) is 9.37. The summed E-state index contributed by atoms with van der Waals surface area (Å²) in [4.78, 5) is 9.95. The van der Waals surface area contributed by atoms with Gasteiger partial charge in [-0.3, -0.25) is 10.1 Å². The quantitative estimate of drug-likeness (QED) is 0.609. The van der Waals surface area contributed by atoms with Crippen LogP contribution in [-0.4, -0.2) is 15.1 Å². The summed E-state index contributed by atoms with van der Waals surface area (Å²) in [7, 11) is 0. The number of aromatic hydroxyl groups is 2. The van der Waals surface area contributed by atoms with Crippen LogP contribution in [0.2, 0.25) is 0 Å². The van der Waals surface area contributed by atoms with E-state index in [0.29, 0.717) is 16.9 Å². The maximum atomic E-state index is 10.4. The lowest BCUT2D eigenvalue weighted by Crippen LogP contribution is -1.93. The van der Waals surface area contributed by atoms with Gasteiger partial charge in [-0.05, 0) is 32.0 Å². The van der Waals surface area contributed by atoms with Crippen LogP contribution >= 0.6 is 0 Å². The second-order valence-corrected chi connectivity index (χ2v) is 3.95. The molecule has 0 radical (unpaired) electrons. The van der Waals surface area contributed by atoms with Crippen LogP contribution in [0.5, 0.6) is 11.5 Å². The summed E-state index contributed by atoms with van der Waals surface area (Å²) in [6.07, 6.45) is 0. The number of para-hydroxylation sites is 1. The first-order chi connectivity index (χ1) is 8.93. The molecule has 0 heterocycles. The van der Waals surface area contributed by atoms with Gasteiger partial charge in [0.25, 0.3) is 5.69 Å². The van der Waals surface area contributed by atoms with Crippen molar-refractivity contribution in [3.63, 3.8) is 0 Å². The van der Waals surface area contributed by atoms with Crippen molar-refractivity contribution in [3.8, 4) is 11.5 Å². The van der Waals surface area contributed by atoms with Crippen LogP contribution < -0.4 is 0 Å². The number of phenolic OH excluding ortho intramolecular Hbond substituents is 2. The molecule has 0 bridgehead atoms. The van der Waals surface area contributed by atoms with Gasteiger partial charge in [-0.15, -0.1) is 0 Å². The monoisotopic (exact) mass is 261 g/mol. The Hall–Kier alpha value is -2.56. The number of hydrogen-bond donors (Lipinski definition) is 2. The molecule has 0 atom stereocenters. The first kappa shape index (κ1) is 14.5. The van der Waals surface area contributed by atoms with Gasteiger partial charge in [-0.1, -0.05) is 18.2 Å². The zero-order valence-corrected chi connectivity index (χ0v) is 10.7. The van der Waals surface area contributed by atoms with E-state index in [1.54, 1.807) is 38.1 Å². The fourth-order valence-electron chi connectivity index (χ4n) is 1.42. The molecule has 0 aliphatic carbocycles. The number of nitro groups is 1. The second-order valence-electron chi connectivity index (χ2n) is 3.95. The Labute approximate surface area is 110 Å². The molecule has 5 heteroatoms. The first-order valence-electron chi connectivity index (χ1n) is 5.61. The molecule has 0 saturated carbocycles. The third-order valence-electron chi connectivity index (χ3n) is 2.68. The minimum absolute atomic E-state index is 0.0466. The fourth-order valence-corrected chi connectivity index (χ4v) is 1.42. The van der Waals surface area contributed by atoms with Crippen molar-refractivity contribution < 1.29 is 15.1 Å². The third-order valence-corrected chi connectivity index (χ3v) is 2.68.